The van der Waals surface area contributed by atoms with E-state index >= 15 is 0 Å². The molecule has 0 aliphatic rings. The Morgan fingerprint density at radius 3 is 2.18 bits per heavy atom. The highest BCUT2D eigenvalue weighted by molar-refractivity contribution is 4.95. The SMILES string of the molecule is C=CCC(/C=C\C)C(C)(C)C. The third-order valence-electron chi connectivity index (χ3n) is 1.96. The van der Waals surface area contributed by atoms with E-state index in [1.807, 2.05) is 6.08 Å². The van der Waals surface area contributed by atoms with Crippen molar-refractivity contribution in [3.05, 3.63) is 24.8 Å². The first-order valence-corrected chi connectivity index (χ1v) is 4.26. The fourth-order valence-corrected chi connectivity index (χ4v) is 1.13. The molecule has 0 spiro atoms. The molecule has 0 aromatic carbocycles. The van der Waals surface area contributed by atoms with Crippen LogP contribution in [0.25, 0.3) is 0 Å². The number of hydrogen-bond acceptors (Lipinski definition) is 0. The van der Waals surface area contributed by atoms with Crippen LogP contribution in [0.4, 0.5) is 0 Å². The van der Waals surface area contributed by atoms with Gasteiger partial charge >= 0.3 is 0 Å². The Kier molecular flexibility index (Phi) is 4.17. The minimum Gasteiger partial charge on any atom is -0.103 e. The maximum atomic E-state index is 3.76. The zero-order valence-electron chi connectivity index (χ0n) is 8.22. The number of rotatable bonds is 3. The van der Waals surface area contributed by atoms with Gasteiger partial charge in [0.25, 0.3) is 0 Å². The average molecular weight is 152 g/mol. The normalized spacial score (nSPS) is 15.3. The maximum absolute atomic E-state index is 3.76. The quantitative estimate of drug-likeness (QED) is 0.539. The molecule has 0 rings (SSSR count). The van der Waals surface area contributed by atoms with Gasteiger partial charge in [0.05, 0.1) is 0 Å². The van der Waals surface area contributed by atoms with Crippen LogP contribution in [0.5, 0.6) is 0 Å². The third kappa shape index (κ3) is 4.02. The van der Waals surface area contributed by atoms with Gasteiger partial charge in [0.1, 0.15) is 0 Å². The van der Waals surface area contributed by atoms with E-state index in [2.05, 4.69) is 46.4 Å². The zero-order chi connectivity index (χ0) is 8.91. The van der Waals surface area contributed by atoms with Crippen molar-refractivity contribution in [1.82, 2.24) is 0 Å². The first-order chi connectivity index (χ1) is 5.02. The van der Waals surface area contributed by atoms with Crippen molar-refractivity contribution in [2.75, 3.05) is 0 Å². The van der Waals surface area contributed by atoms with E-state index in [-0.39, 0.29) is 0 Å². The van der Waals surface area contributed by atoms with E-state index < -0.39 is 0 Å². The van der Waals surface area contributed by atoms with Crippen LogP contribution in [-0.2, 0) is 0 Å². The lowest BCUT2D eigenvalue weighted by Gasteiger charge is -2.27. The highest BCUT2D eigenvalue weighted by Gasteiger charge is 2.19. The molecule has 0 aromatic rings. The summed E-state index contributed by atoms with van der Waals surface area (Å²) in [5.74, 6) is 0.630. The lowest BCUT2D eigenvalue weighted by atomic mass is 9.78. The van der Waals surface area contributed by atoms with Crippen molar-refractivity contribution in [3.8, 4) is 0 Å². The molecule has 11 heavy (non-hydrogen) atoms. The van der Waals surface area contributed by atoms with Crippen LogP contribution in [-0.4, -0.2) is 0 Å². The van der Waals surface area contributed by atoms with E-state index in [0.717, 1.165) is 6.42 Å². The van der Waals surface area contributed by atoms with Crippen LogP contribution >= 0.6 is 0 Å². The number of hydrogen-bond donors (Lipinski definition) is 0. The van der Waals surface area contributed by atoms with Gasteiger partial charge in [-0.05, 0) is 24.7 Å². The minimum absolute atomic E-state index is 0.362. The van der Waals surface area contributed by atoms with Gasteiger partial charge in [0.15, 0.2) is 0 Å². The topological polar surface area (TPSA) is 0 Å². The van der Waals surface area contributed by atoms with Crippen LogP contribution in [0.2, 0.25) is 0 Å². The molecular formula is C11H20. The molecule has 0 saturated carbocycles. The van der Waals surface area contributed by atoms with Crippen LogP contribution in [0.3, 0.4) is 0 Å². The summed E-state index contributed by atoms with van der Waals surface area (Å²) in [6.45, 7) is 12.6. The van der Waals surface area contributed by atoms with Crippen LogP contribution in [0.15, 0.2) is 24.8 Å². The average Bonchev–Trinajstić information content (AvgIpc) is 1.85. The second kappa shape index (κ2) is 4.38. The molecule has 0 aliphatic heterocycles. The molecule has 0 radical (unpaired) electrons. The molecule has 64 valence electrons. The van der Waals surface area contributed by atoms with Gasteiger partial charge in [-0.1, -0.05) is 39.0 Å². The summed E-state index contributed by atoms with van der Waals surface area (Å²) < 4.78 is 0. The molecule has 0 aromatic heterocycles. The molecule has 0 heterocycles. The predicted octanol–water partition coefficient (Wildman–Crippen LogP) is 3.80. The maximum Gasteiger partial charge on any atom is -0.0150 e. The fourth-order valence-electron chi connectivity index (χ4n) is 1.13. The van der Waals surface area contributed by atoms with Gasteiger partial charge in [-0.2, -0.15) is 0 Å². The first kappa shape index (κ1) is 10.5. The Morgan fingerprint density at radius 1 is 1.36 bits per heavy atom. The summed E-state index contributed by atoms with van der Waals surface area (Å²) in [6.07, 6.45) is 7.46. The predicted molar refractivity (Wildman–Crippen MR) is 52.6 cm³/mol. The van der Waals surface area contributed by atoms with Gasteiger partial charge in [-0.15, -0.1) is 6.58 Å². The van der Waals surface area contributed by atoms with E-state index in [4.69, 9.17) is 0 Å². The smallest absolute Gasteiger partial charge is 0.0150 e. The Balaban J connectivity index is 4.20. The van der Waals surface area contributed by atoms with E-state index in [1.165, 1.54) is 0 Å². The second-order valence-corrected chi connectivity index (χ2v) is 4.02. The van der Waals surface area contributed by atoms with E-state index in [1.54, 1.807) is 0 Å². The second-order valence-electron chi connectivity index (χ2n) is 4.02. The summed E-state index contributed by atoms with van der Waals surface area (Å²) >= 11 is 0. The summed E-state index contributed by atoms with van der Waals surface area (Å²) in [5, 5.41) is 0. The Labute approximate surface area is 71.0 Å². The monoisotopic (exact) mass is 152 g/mol. The summed E-state index contributed by atoms with van der Waals surface area (Å²) in [4.78, 5) is 0. The first-order valence-electron chi connectivity index (χ1n) is 4.26. The molecular weight excluding hydrogens is 132 g/mol. The summed E-state index contributed by atoms with van der Waals surface area (Å²) in [7, 11) is 0. The van der Waals surface area contributed by atoms with Crippen LogP contribution in [0.1, 0.15) is 34.1 Å². The van der Waals surface area contributed by atoms with E-state index in [0.29, 0.717) is 11.3 Å². The van der Waals surface area contributed by atoms with Crippen molar-refractivity contribution >= 4 is 0 Å². The third-order valence-corrected chi connectivity index (χ3v) is 1.96. The van der Waals surface area contributed by atoms with Gasteiger partial charge in [0.2, 0.25) is 0 Å². The van der Waals surface area contributed by atoms with Crippen LogP contribution < -0.4 is 0 Å². The molecule has 0 nitrogen and oxygen atoms in total. The molecule has 1 atom stereocenters. The Bertz CT molecular complexity index is 135. The van der Waals surface area contributed by atoms with Crippen molar-refractivity contribution in [2.24, 2.45) is 11.3 Å². The molecule has 0 aliphatic carbocycles. The van der Waals surface area contributed by atoms with Gasteiger partial charge in [0, 0.05) is 0 Å². The number of allylic oxidation sites excluding steroid dienone is 3. The van der Waals surface area contributed by atoms with Crippen LogP contribution in [0, 0.1) is 11.3 Å². The molecule has 1 unspecified atom stereocenters. The Hall–Kier alpha value is -0.520. The lowest BCUT2D eigenvalue weighted by Crippen LogP contribution is -2.17. The molecule has 0 bridgehead atoms. The van der Waals surface area contributed by atoms with Crippen molar-refractivity contribution in [3.63, 3.8) is 0 Å². The highest BCUT2D eigenvalue weighted by atomic mass is 14.2. The summed E-state index contributed by atoms with van der Waals surface area (Å²) in [6, 6.07) is 0. The molecule has 0 saturated heterocycles. The van der Waals surface area contributed by atoms with Gasteiger partial charge in [-0.25, -0.2) is 0 Å². The van der Waals surface area contributed by atoms with Crippen molar-refractivity contribution in [1.29, 1.82) is 0 Å². The van der Waals surface area contributed by atoms with E-state index in [9.17, 15) is 0 Å². The molecule has 0 heteroatoms. The molecule has 0 N–H and O–H groups in total. The van der Waals surface area contributed by atoms with Gasteiger partial charge in [-0.3, -0.25) is 0 Å². The van der Waals surface area contributed by atoms with Crippen molar-refractivity contribution in [2.45, 2.75) is 34.1 Å². The van der Waals surface area contributed by atoms with Crippen molar-refractivity contribution < 1.29 is 0 Å². The highest BCUT2D eigenvalue weighted by Crippen LogP contribution is 2.29. The molecule has 0 amide bonds. The minimum atomic E-state index is 0.362. The zero-order valence-corrected chi connectivity index (χ0v) is 8.22. The Morgan fingerprint density at radius 2 is 1.91 bits per heavy atom. The lowest BCUT2D eigenvalue weighted by molar-refractivity contribution is 0.295. The molecule has 0 fully saturated rings. The largest absolute Gasteiger partial charge is 0.103 e. The van der Waals surface area contributed by atoms with Gasteiger partial charge < -0.3 is 0 Å². The standard InChI is InChI=1S/C11H20/c1-6-8-10(9-7-2)11(3,4)5/h6-7,9-10H,1,8H2,2-5H3/b9-7-. The summed E-state index contributed by atoms with van der Waals surface area (Å²) in [5.41, 5.74) is 0.362. The fraction of sp³-hybridized carbons (Fsp3) is 0.636.